The van der Waals surface area contributed by atoms with Crippen LogP contribution < -0.4 is 0 Å². The molecule has 1 aliphatic heterocycles. The second kappa shape index (κ2) is 11.0. The van der Waals surface area contributed by atoms with Gasteiger partial charge >= 0.3 is 0 Å². The number of nitro benzene ring substituents is 2. The highest BCUT2D eigenvalue weighted by molar-refractivity contribution is 9.15. The Morgan fingerprint density at radius 3 is 1.77 bits per heavy atom. The molecular formula is C23H10Br4N4O8. The molecule has 3 aromatic rings. The molecule has 39 heavy (non-hydrogen) atoms. The minimum absolute atomic E-state index is 0.0644. The van der Waals surface area contributed by atoms with Gasteiger partial charge in [0.2, 0.25) is 0 Å². The van der Waals surface area contributed by atoms with E-state index in [2.05, 4.69) is 63.7 Å². The van der Waals surface area contributed by atoms with Gasteiger partial charge in [0.25, 0.3) is 29.1 Å². The summed E-state index contributed by atoms with van der Waals surface area (Å²) in [6.07, 6.45) is 0. The fourth-order valence-electron chi connectivity index (χ4n) is 3.74. The first kappa shape index (κ1) is 28.7. The number of non-ortho nitro benzene ring substituents is 1. The fraction of sp³-hybridized carbons (Fsp3) is 0.0435. The summed E-state index contributed by atoms with van der Waals surface area (Å²) in [6, 6.07) is 9.32. The molecule has 0 bridgehead atoms. The Hall–Kier alpha value is -3.34. The van der Waals surface area contributed by atoms with Gasteiger partial charge in [0.15, 0.2) is 5.78 Å². The van der Waals surface area contributed by atoms with Crippen molar-refractivity contribution in [3.8, 4) is 0 Å². The molecular weight excluding hydrogens is 780 g/mol. The van der Waals surface area contributed by atoms with Gasteiger partial charge in [-0.3, -0.25) is 39.4 Å². The summed E-state index contributed by atoms with van der Waals surface area (Å²) in [7, 11) is 0. The topological polar surface area (TPSA) is 161 Å². The third-order valence-electron chi connectivity index (χ3n) is 5.58. The van der Waals surface area contributed by atoms with Gasteiger partial charge in [0.1, 0.15) is 12.1 Å². The number of halogens is 4. The number of amides is 3. The van der Waals surface area contributed by atoms with Crippen LogP contribution in [0.15, 0.2) is 66.4 Å². The van der Waals surface area contributed by atoms with Crippen LogP contribution in [0.2, 0.25) is 0 Å². The highest BCUT2D eigenvalue weighted by Gasteiger charge is 2.46. The molecule has 3 aromatic carbocycles. The van der Waals surface area contributed by atoms with Crippen LogP contribution in [0.25, 0.3) is 0 Å². The summed E-state index contributed by atoms with van der Waals surface area (Å²) in [5, 5.41) is 23.6. The molecule has 12 nitrogen and oxygen atoms in total. The molecule has 1 aliphatic rings. The van der Waals surface area contributed by atoms with Crippen LogP contribution in [0, 0.1) is 20.2 Å². The first-order valence-electron chi connectivity index (χ1n) is 10.4. The third-order valence-corrected chi connectivity index (χ3v) is 10.3. The minimum atomic E-state index is -1.17. The molecule has 0 unspecified atom stereocenters. The van der Waals surface area contributed by atoms with E-state index in [1.165, 1.54) is 12.1 Å². The van der Waals surface area contributed by atoms with Crippen LogP contribution in [-0.4, -0.2) is 49.9 Å². The lowest BCUT2D eigenvalue weighted by atomic mass is 10.1. The lowest BCUT2D eigenvalue weighted by Gasteiger charge is -2.29. The van der Waals surface area contributed by atoms with Gasteiger partial charge in [0.05, 0.1) is 21.0 Å². The third kappa shape index (κ3) is 5.04. The zero-order valence-corrected chi connectivity index (χ0v) is 25.2. The number of ketones is 1. The molecule has 16 heteroatoms. The van der Waals surface area contributed by atoms with Crippen molar-refractivity contribution in [1.29, 1.82) is 0 Å². The smallest absolute Gasteiger partial charge is 0.282 e. The van der Waals surface area contributed by atoms with Crippen LogP contribution in [0.5, 0.6) is 0 Å². The summed E-state index contributed by atoms with van der Waals surface area (Å²) in [5.74, 6) is -3.91. The zero-order chi connectivity index (χ0) is 28.8. The number of imide groups is 1. The monoisotopic (exact) mass is 786 g/mol. The number of carbonyl (C=O) groups excluding carboxylic acids is 4. The number of carbonyl (C=O) groups is 4. The van der Waals surface area contributed by atoms with Crippen molar-refractivity contribution in [2.75, 3.05) is 6.54 Å². The Kier molecular flexibility index (Phi) is 8.11. The quantitative estimate of drug-likeness (QED) is 0.0695. The molecule has 0 saturated heterocycles. The Labute approximate surface area is 251 Å². The standard InChI is InChI=1S/C23H10Br4N4O8/c24-17-15-16(18(25)20(27)19(17)26)23(35)29(22(15)34)28(21(33)12-3-1-2-4-13(12)31(38)39)9-14(32)10-5-7-11(8-6-10)30(36)37/h1-8H,9H2. The number of hydrazine groups is 1. The van der Waals surface area contributed by atoms with Gasteiger partial charge in [-0.05, 0) is 81.9 Å². The van der Waals surface area contributed by atoms with Crippen LogP contribution >= 0.6 is 63.7 Å². The molecule has 0 aromatic heterocycles. The number of fused-ring (bicyclic) bond motifs is 1. The van der Waals surface area contributed by atoms with E-state index in [0.717, 1.165) is 36.4 Å². The predicted molar refractivity (Wildman–Crippen MR) is 149 cm³/mol. The predicted octanol–water partition coefficient (Wildman–Crippen LogP) is 6.09. The maximum Gasteiger partial charge on any atom is 0.282 e. The van der Waals surface area contributed by atoms with E-state index in [9.17, 15) is 39.4 Å². The lowest BCUT2D eigenvalue weighted by Crippen LogP contribution is -2.51. The molecule has 3 amide bonds. The summed E-state index contributed by atoms with van der Waals surface area (Å²) in [6.45, 7) is -0.897. The molecule has 198 valence electrons. The van der Waals surface area contributed by atoms with E-state index < -0.39 is 51.1 Å². The van der Waals surface area contributed by atoms with Crippen molar-refractivity contribution in [3.05, 3.63) is 109 Å². The number of para-hydroxylation sites is 1. The van der Waals surface area contributed by atoms with Gasteiger partial charge in [-0.2, -0.15) is 5.01 Å². The summed E-state index contributed by atoms with van der Waals surface area (Å²) in [4.78, 5) is 75.2. The van der Waals surface area contributed by atoms with E-state index in [-0.39, 0.29) is 31.3 Å². The van der Waals surface area contributed by atoms with Crippen LogP contribution in [0.3, 0.4) is 0 Å². The SMILES string of the molecule is O=C(CN(C(=O)c1ccccc1[N+](=O)[O-])N1C(=O)c2c(Br)c(Br)c(Br)c(Br)c2C1=O)c1ccc([N+](=O)[O-])cc1. The van der Waals surface area contributed by atoms with E-state index in [1.807, 2.05) is 0 Å². The van der Waals surface area contributed by atoms with E-state index >= 15 is 0 Å². The Balaban J connectivity index is 1.84. The number of benzene rings is 3. The van der Waals surface area contributed by atoms with Gasteiger partial charge in [-0.15, -0.1) is 0 Å². The normalized spacial score (nSPS) is 12.4. The van der Waals surface area contributed by atoms with Crippen molar-refractivity contribution in [2.45, 2.75) is 0 Å². The molecule has 0 aliphatic carbocycles. The zero-order valence-electron chi connectivity index (χ0n) is 18.9. The molecule has 0 radical (unpaired) electrons. The molecule has 4 rings (SSSR count). The largest absolute Gasteiger partial charge is 0.292 e. The minimum Gasteiger partial charge on any atom is -0.292 e. The molecule has 0 atom stereocenters. The molecule has 0 fully saturated rings. The number of hydrogen-bond acceptors (Lipinski definition) is 8. The van der Waals surface area contributed by atoms with E-state index in [0.29, 0.717) is 19.0 Å². The van der Waals surface area contributed by atoms with Crippen molar-refractivity contribution in [1.82, 2.24) is 10.0 Å². The number of hydrogen-bond donors (Lipinski definition) is 0. The summed E-state index contributed by atoms with van der Waals surface area (Å²) in [5.41, 5.74) is -1.68. The highest BCUT2D eigenvalue weighted by atomic mass is 79.9. The molecule has 0 spiro atoms. The summed E-state index contributed by atoms with van der Waals surface area (Å²) >= 11 is 13.1. The average Bonchev–Trinajstić information content (AvgIpc) is 3.18. The van der Waals surface area contributed by atoms with Gasteiger partial charge in [0, 0.05) is 41.7 Å². The van der Waals surface area contributed by atoms with E-state index in [1.54, 1.807) is 0 Å². The molecule has 0 N–H and O–H groups in total. The Morgan fingerprint density at radius 1 is 0.769 bits per heavy atom. The second-order valence-electron chi connectivity index (χ2n) is 7.79. The van der Waals surface area contributed by atoms with Crippen LogP contribution in [-0.2, 0) is 0 Å². The average molecular weight is 790 g/mol. The number of nitrogens with zero attached hydrogens (tertiary/aromatic N) is 4. The second-order valence-corrected chi connectivity index (χ2v) is 11.0. The maximum absolute atomic E-state index is 13.7. The number of nitro groups is 2. The van der Waals surface area contributed by atoms with Crippen molar-refractivity contribution < 1.29 is 29.0 Å². The number of Topliss-reactive ketones (excluding diaryl/α,β-unsaturated/α-hetero) is 1. The summed E-state index contributed by atoms with van der Waals surface area (Å²) < 4.78 is 1.14. The Morgan fingerprint density at radius 2 is 1.28 bits per heavy atom. The van der Waals surface area contributed by atoms with E-state index in [4.69, 9.17) is 0 Å². The number of rotatable bonds is 7. The van der Waals surface area contributed by atoms with Crippen LogP contribution in [0.1, 0.15) is 41.4 Å². The van der Waals surface area contributed by atoms with Gasteiger partial charge in [-0.1, -0.05) is 12.1 Å². The highest BCUT2D eigenvalue weighted by Crippen LogP contribution is 2.45. The van der Waals surface area contributed by atoms with Crippen molar-refractivity contribution in [2.24, 2.45) is 0 Å². The van der Waals surface area contributed by atoms with Crippen molar-refractivity contribution >= 4 is 98.6 Å². The Bertz CT molecular complexity index is 1580. The lowest BCUT2D eigenvalue weighted by molar-refractivity contribution is -0.385. The maximum atomic E-state index is 13.7. The van der Waals surface area contributed by atoms with Gasteiger partial charge < -0.3 is 0 Å². The van der Waals surface area contributed by atoms with Crippen LogP contribution in [0.4, 0.5) is 11.4 Å². The fourth-order valence-corrected chi connectivity index (χ4v) is 6.20. The van der Waals surface area contributed by atoms with Crippen molar-refractivity contribution in [3.63, 3.8) is 0 Å². The molecule has 1 heterocycles. The first-order valence-corrected chi connectivity index (χ1v) is 13.6. The van der Waals surface area contributed by atoms with Gasteiger partial charge in [-0.25, -0.2) is 5.01 Å². The first-order chi connectivity index (χ1) is 18.4. The molecule has 0 saturated carbocycles.